The second-order valence-electron chi connectivity index (χ2n) is 8.39. The van der Waals surface area contributed by atoms with Gasteiger partial charge in [0.25, 0.3) is 5.91 Å². The Labute approximate surface area is 195 Å². The van der Waals surface area contributed by atoms with Crippen LogP contribution in [0.1, 0.15) is 36.1 Å². The minimum absolute atomic E-state index is 0.0627. The molecule has 0 bridgehead atoms. The van der Waals surface area contributed by atoms with Crippen LogP contribution in [0.4, 0.5) is 0 Å². The summed E-state index contributed by atoms with van der Waals surface area (Å²) in [6, 6.07) is 7.74. The summed E-state index contributed by atoms with van der Waals surface area (Å²) in [5.41, 5.74) is 8.97. The molecule has 0 saturated carbocycles. The van der Waals surface area contributed by atoms with Gasteiger partial charge in [-0.3, -0.25) is 14.6 Å². The van der Waals surface area contributed by atoms with Crippen LogP contribution in [0.2, 0.25) is 5.02 Å². The normalized spacial score (nSPS) is 17.9. The van der Waals surface area contributed by atoms with E-state index < -0.39 is 6.10 Å². The molecule has 4 heterocycles. The van der Waals surface area contributed by atoms with Gasteiger partial charge in [0.2, 0.25) is 5.91 Å². The highest BCUT2D eigenvalue weighted by Crippen LogP contribution is 2.44. The summed E-state index contributed by atoms with van der Waals surface area (Å²) in [5.74, 6) is 0.471. The molecule has 3 aromatic rings. The number of halogens is 1. The Morgan fingerprint density at radius 3 is 2.78 bits per heavy atom. The maximum absolute atomic E-state index is 13.1. The van der Waals surface area contributed by atoms with Gasteiger partial charge in [-0.2, -0.15) is 0 Å². The molecule has 8 heteroatoms. The van der Waals surface area contributed by atoms with Crippen LogP contribution >= 0.6 is 22.9 Å². The van der Waals surface area contributed by atoms with Gasteiger partial charge >= 0.3 is 0 Å². The molecule has 1 fully saturated rings. The lowest BCUT2D eigenvalue weighted by atomic mass is 10.0. The summed E-state index contributed by atoms with van der Waals surface area (Å²) in [7, 11) is 0. The van der Waals surface area contributed by atoms with E-state index in [0.717, 1.165) is 63.5 Å². The van der Waals surface area contributed by atoms with Crippen LogP contribution in [0, 0.1) is 0 Å². The van der Waals surface area contributed by atoms with Gasteiger partial charge in [-0.05, 0) is 49.9 Å². The second kappa shape index (κ2) is 8.71. The lowest BCUT2D eigenvalue weighted by Crippen LogP contribution is -2.43. The van der Waals surface area contributed by atoms with Crippen LogP contribution in [0.15, 0.2) is 30.5 Å². The van der Waals surface area contributed by atoms with Gasteiger partial charge in [-0.25, -0.2) is 0 Å². The third-order valence-corrected chi connectivity index (χ3v) is 7.55. The molecule has 1 aromatic carbocycles. The Kier molecular flexibility index (Phi) is 5.78. The maximum atomic E-state index is 13.1. The Hall–Kier alpha value is -2.64. The van der Waals surface area contributed by atoms with Crippen molar-refractivity contribution in [2.45, 2.75) is 44.6 Å². The molecule has 2 aliphatic rings. The number of primary amides is 1. The highest BCUT2D eigenvalue weighted by Gasteiger charge is 2.35. The molecule has 32 heavy (non-hydrogen) atoms. The first-order valence-electron chi connectivity index (χ1n) is 10.9. The average Bonchev–Trinajstić information content (AvgIpc) is 3.41. The number of benzene rings is 1. The molecule has 1 atom stereocenters. The summed E-state index contributed by atoms with van der Waals surface area (Å²) >= 11 is 8.08. The van der Waals surface area contributed by atoms with Crippen molar-refractivity contribution in [3.8, 4) is 16.9 Å². The molecule has 1 saturated heterocycles. The standard InChI is InChI=1S/C24H24ClN3O3S/c25-15-10-14-11-20(24(30)28-8-2-1-3-9-28)31-22(14)18(12-15)17-6-7-27-19-13-16(32-23(17)19)4-5-21(26)29/h6-7,10,12-13,20H,1-5,8-9,11H2,(H2,26,29). The zero-order chi connectivity index (χ0) is 22.2. The van der Waals surface area contributed by atoms with E-state index in [1.807, 2.05) is 29.2 Å². The molecule has 1 unspecified atom stereocenters. The SMILES string of the molecule is NC(=O)CCc1cc2nccc(-c3cc(Cl)cc4c3OC(C(=O)N3CCCCC3)C4)c2s1. The quantitative estimate of drug-likeness (QED) is 0.601. The number of aromatic nitrogens is 1. The molecule has 2 aliphatic heterocycles. The van der Waals surface area contributed by atoms with Crippen molar-refractivity contribution < 1.29 is 14.3 Å². The molecule has 2 N–H and O–H groups in total. The monoisotopic (exact) mass is 469 g/mol. The van der Waals surface area contributed by atoms with Gasteiger partial charge < -0.3 is 15.4 Å². The number of pyridine rings is 1. The molecule has 166 valence electrons. The minimum Gasteiger partial charge on any atom is -0.479 e. The lowest BCUT2D eigenvalue weighted by molar-refractivity contribution is -0.138. The smallest absolute Gasteiger partial charge is 0.263 e. The van der Waals surface area contributed by atoms with Crippen LogP contribution in [0.5, 0.6) is 5.75 Å². The van der Waals surface area contributed by atoms with E-state index >= 15 is 0 Å². The van der Waals surface area contributed by atoms with Gasteiger partial charge in [0, 0.05) is 58.7 Å². The van der Waals surface area contributed by atoms with Crippen LogP contribution in [-0.4, -0.2) is 40.9 Å². The van der Waals surface area contributed by atoms with Crippen LogP contribution in [0.3, 0.4) is 0 Å². The predicted octanol–water partition coefficient (Wildman–Crippen LogP) is 4.35. The number of carbonyl (C=O) groups is 2. The van der Waals surface area contributed by atoms with E-state index in [9.17, 15) is 9.59 Å². The van der Waals surface area contributed by atoms with Crippen molar-refractivity contribution in [2.24, 2.45) is 5.73 Å². The molecule has 0 aliphatic carbocycles. The van der Waals surface area contributed by atoms with E-state index in [-0.39, 0.29) is 11.8 Å². The third-order valence-electron chi connectivity index (χ3n) is 6.11. The number of hydrogen-bond donors (Lipinski definition) is 1. The van der Waals surface area contributed by atoms with E-state index in [1.165, 1.54) is 6.42 Å². The van der Waals surface area contributed by atoms with Gasteiger partial charge in [0.1, 0.15) is 5.75 Å². The lowest BCUT2D eigenvalue weighted by Gasteiger charge is -2.28. The van der Waals surface area contributed by atoms with Crippen molar-refractivity contribution in [2.75, 3.05) is 13.1 Å². The van der Waals surface area contributed by atoms with Crippen molar-refractivity contribution in [3.05, 3.63) is 45.9 Å². The number of carbonyl (C=O) groups excluding carboxylic acids is 2. The van der Waals surface area contributed by atoms with Crippen LogP contribution in [-0.2, 0) is 22.4 Å². The van der Waals surface area contributed by atoms with Crippen molar-refractivity contribution >= 4 is 45.0 Å². The van der Waals surface area contributed by atoms with Crippen LogP contribution < -0.4 is 10.5 Å². The van der Waals surface area contributed by atoms with E-state index in [0.29, 0.717) is 24.3 Å². The zero-order valence-electron chi connectivity index (χ0n) is 17.6. The van der Waals surface area contributed by atoms with E-state index in [4.69, 9.17) is 22.1 Å². The van der Waals surface area contributed by atoms with E-state index in [2.05, 4.69) is 4.98 Å². The van der Waals surface area contributed by atoms with Crippen molar-refractivity contribution in [3.63, 3.8) is 0 Å². The molecule has 5 rings (SSSR count). The number of hydrogen-bond acceptors (Lipinski definition) is 5. The minimum atomic E-state index is -0.507. The molecule has 6 nitrogen and oxygen atoms in total. The first-order chi connectivity index (χ1) is 15.5. The Balaban J connectivity index is 1.49. The number of nitrogens with two attached hydrogens (primary N) is 1. The number of amides is 2. The fourth-order valence-electron chi connectivity index (χ4n) is 4.55. The fourth-order valence-corrected chi connectivity index (χ4v) is 5.93. The first kappa shape index (κ1) is 21.2. The topological polar surface area (TPSA) is 85.5 Å². The van der Waals surface area contributed by atoms with E-state index in [1.54, 1.807) is 17.5 Å². The molecular weight excluding hydrogens is 446 g/mol. The van der Waals surface area contributed by atoms with Gasteiger partial charge in [0.15, 0.2) is 6.10 Å². The third kappa shape index (κ3) is 4.07. The Morgan fingerprint density at radius 2 is 2.00 bits per heavy atom. The number of aryl methyl sites for hydroxylation is 1. The van der Waals surface area contributed by atoms with Crippen LogP contribution in [0.25, 0.3) is 21.3 Å². The number of fused-ring (bicyclic) bond motifs is 2. The summed E-state index contributed by atoms with van der Waals surface area (Å²) < 4.78 is 7.28. The largest absolute Gasteiger partial charge is 0.479 e. The highest BCUT2D eigenvalue weighted by molar-refractivity contribution is 7.19. The number of likely N-dealkylation sites (tertiary alicyclic amines) is 1. The number of thiophene rings is 1. The fraction of sp³-hybridized carbons (Fsp3) is 0.375. The number of ether oxygens (including phenoxy) is 1. The van der Waals surface area contributed by atoms with Crippen molar-refractivity contribution in [1.29, 1.82) is 0 Å². The summed E-state index contributed by atoms with van der Waals surface area (Å²) in [6.07, 6.45) is 5.95. The number of rotatable bonds is 5. The Bertz CT molecular complexity index is 1200. The highest BCUT2D eigenvalue weighted by atomic mass is 35.5. The molecule has 0 spiro atoms. The predicted molar refractivity (Wildman–Crippen MR) is 126 cm³/mol. The van der Waals surface area contributed by atoms with Gasteiger partial charge in [0.05, 0.1) is 10.2 Å². The average molecular weight is 470 g/mol. The molecule has 2 amide bonds. The van der Waals surface area contributed by atoms with Gasteiger partial charge in [-0.15, -0.1) is 11.3 Å². The van der Waals surface area contributed by atoms with Gasteiger partial charge in [-0.1, -0.05) is 11.6 Å². The summed E-state index contributed by atoms with van der Waals surface area (Å²) in [5, 5.41) is 0.615. The summed E-state index contributed by atoms with van der Waals surface area (Å²) in [6.45, 7) is 1.60. The first-order valence-corrected chi connectivity index (χ1v) is 12.1. The molecule has 0 radical (unpaired) electrons. The Morgan fingerprint density at radius 1 is 1.19 bits per heavy atom. The maximum Gasteiger partial charge on any atom is 0.263 e. The summed E-state index contributed by atoms with van der Waals surface area (Å²) in [4.78, 5) is 31.7. The van der Waals surface area contributed by atoms with Crippen molar-refractivity contribution in [1.82, 2.24) is 9.88 Å². The number of nitrogens with zero attached hydrogens (tertiary/aromatic N) is 2. The second-order valence-corrected chi connectivity index (χ2v) is 9.96. The zero-order valence-corrected chi connectivity index (χ0v) is 19.2. The number of piperidine rings is 1. The molecule has 2 aromatic heterocycles. The molecular formula is C24H24ClN3O3S.